The average Bonchev–Trinajstić information content (AvgIpc) is 2.56. The molecule has 1 unspecified atom stereocenters. The molecule has 15 heavy (non-hydrogen) atoms. The predicted molar refractivity (Wildman–Crippen MR) is 55.7 cm³/mol. The van der Waals surface area contributed by atoms with Gasteiger partial charge in [-0.2, -0.15) is 8.75 Å². The van der Waals surface area contributed by atoms with E-state index in [-0.39, 0.29) is 17.4 Å². The second kappa shape index (κ2) is 4.17. The zero-order valence-electron chi connectivity index (χ0n) is 7.84. The number of anilines is 1. The van der Waals surface area contributed by atoms with Gasteiger partial charge in [-0.3, -0.25) is 0 Å². The van der Waals surface area contributed by atoms with Crippen molar-refractivity contribution in [3.05, 3.63) is 5.15 Å². The highest BCUT2D eigenvalue weighted by Gasteiger charge is 2.41. The van der Waals surface area contributed by atoms with Gasteiger partial charge in [0, 0.05) is 6.42 Å². The first-order valence-corrected chi connectivity index (χ1v) is 5.83. The maximum Gasteiger partial charge on any atom is 0.267 e. The number of nitrogens with zero attached hydrogens (tertiary/aromatic N) is 2. The topological polar surface area (TPSA) is 37.8 Å². The van der Waals surface area contributed by atoms with Gasteiger partial charge in [-0.25, -0.2) is 8.78 Å². The van der Waals surface area contributed by atoms with Crippen LogP contribution in [-0.2, 0) is 0 Å². The fourth-order valence-electron chi connectivity index (χ4n) is 1.70. The normalized spacial score (nSPS) is 25.1. The Balaban J connectivity index is 2.07. The molecule has 1 aromatic heterocycles. The van der Waals surface area contributed by atoms with Gasteiger partial charge >= 0.3 is 0 Å². The highest BCUT2D eigenvalue weighted by molar-refractivity contribution is 6.99. The molecular formula is C8H10ClF2N3S. The van der Waals surface area contributed by atoms with Crippen LogP contribution in [0.2, 0.25) is 5.15 Å². The van der Waals surface area contributed by atoms with Crippen LogP contribution in [0, 0.1) is 0 Å². The second-order valence-electron chi connectivity index (χ2n) is 3.61. The standard InChI is InChI=1S/C8H10ClF2N3S/c9-6-7(14-15-13-6)12-5-3-1-2-4-8(5,10)11/h5H,1-4H2,(H,12,14). The molecule has 3 nitrogen and oxygen atoms in total. The summed E-state index contributed by atoms with van der Waals surface area (Å²) in [5.74, 6) is -2.40. The van der Waals surface area contributed by atoms with Gasteiger partial charge in [-0.15, -0.1) is 0 Å². The number of halogens is 3. The minimum atomic E-state index is -2.68. The Morgan fingerprint density at radius 2 is 2.20 bits per heavy atom. The van der Waals surface area contributed by atoms with E-state index in [1.807, 2.05) is 0 Å². The second-order valence-corrected chi connectivity index (χ2v) is 4.49. The van der Waals surface area contributed by atoms with Crippen LogP contribution in [0.3, 0.4) is 0 Å². The number of rotatable bonds is 2. The van der Waals surface area contributed by atoms with Gasteiger partial charge < -0.3 is 5.32 Å². The van der Waals surface area contributed by atoms with Crippen molar-refractivity contribution in [1.82, 2.24) is 8.75 Å². The first kappa shape index (κ1) is 11.0. The summed E-state index contributed by atoms with van der Waals surface area (Å²) < 4.78 is 34.4. The van der Waals surface area contributed by atoms with Crippen molar-refractivity contribution in [1.29, 1.82) is 0 Å². The predicted octanol–water partition coefficient (Wildman–Crippen LogP) is 3.18. The molecule has 1 N–H and O–H groups in total. The van der Waals surface area contributed by atoms with Gasteiger partial charge in [0.2, 0.25) is 0 Å². The Morgan fingerprint density at radius 1 is 1.40 bits per heavy atom. The molecule has 0 saturated heterocycles. The summed E-state index contributed by atoms with van der Waals surface area (Å²) in [5, 5.41) is 2.84. The highest BCUT2D eigenvalue weighted by atomic mass is 35.5. The van der Waals surface area contributed by atoms with Crippen LogP contribution < -0.4 is 5.32 Å². The molecule has 84 valence electrons. The molecule has 1 aliphatic carbocycles. The third-order valence-corrected chi connectivity index (χ3v) is 3.41. The Labute approximate surface area is 95.2 Å². The molecule has 1 saturated carbocycles. The van der Waals surface area contributed by atoms with Gasteiger partial charge in [-0.05, 0) is 12.8 Å². The lowest BCUT2D eigenvalue weighted by Gasteiger charge is -2.31. The molecule has 0 amide bonds. The zero-order chi connectivity index (χ0) is 10.9. The van der Waals surface area contributed by atoms with E-state index in [0.717, 1.165) is 18.1 Å². The van der Waals surface area contributed by atoms with Crippen LogP contribution in [0.4, 0.5) is 14.6 Å². The molecule has 0 aliphatic heterocycles. The number of aromatic nitrogens is 2. The molecule has 1 atom stereocenters. The van der Waals surface area contributed by atoms with E-state index in [1.54, 1.807) is 0 Å². The third-order valence-electron chi connectivity index (χ3n) is 2.52. The molecule has 1 heterocycles. The van der Waals surface area contributed by atoms with E-state index < -0.39 is 12.0 Å². The number of hydrogen-bond donors (Lipinski definition) is 1. The quantitative estimate of drug-likeness (QED) is 0.880. The smallest absolute Gasteiger partial charge is 0.267 e. The molecular weight excluding hydrogens is 244 g/mol. The molecule has 1 aliphatic rings. The number of nitrogens with one attached hydrogen (secondary N) is 1. The van der Waals surface area contributed by atoms with Crippen molar-refractivity contribution < 1.29 is 8.78 Å². The van der Waals surface area contributed by atoms with E-state index in [0.29, 0.717) is 12.8 Å². The first-order chi connectivity index (χ1) is 7.09. The van der Waals surface area contributed by atoms with E-state index in [1.165, 1.54) is 0 Å². The molecule has 0 bridgehead atoms. The molecule has 1 fully saturated rings. The van der Waals surface area contributed by atoms with Crippen molar-refractivity contribution in [2.75, 3.05) is 5.32 Å². The van der Waals surface area contributed by atoms with Crippen LogP contribution in [0.1, 0.15) is 25.7 Å². The minimum Gasteiger partial charge on any atom is -0.358 e. The van der Waals surface area contributed by atoms with Crippen LogP contribution in [-0.4, -0.2) is 20.7 Å². The Morgan fingerprint density at radius 3 is 2.80 bits per heavy atom. The average molecular weight is 254 g/mol. The van der Waals surface area contributed by atoms with Gasteiger partial charge in [-0.1, -0.05) is 18.0 Å². The molecule has 7 heteroatoms. The lowest BCUT2D eigenvalue weighted by molar-refractivity contribution is -0.0449. The fraction of sp³-hybridized carbons (Fsp3) is 0.750. The Hall–Kier alpha value is -0.490. The summed E-state index contributed by atoms with van der Waals surface area (Å²) in [6.07, 6.45) is 1.76. The summed E-state index contributed by atoms with van der Waals surface area (Å²) >= 11 is 6.60. The van der Waals surface area contributed by atoms with Crippen LogP contribution in [0.5, 0.6) is 0 Å². The van der Waals surface area contributed by atoms with Gasteiger partial charge in [0.05, 0.1) is 17.8 Å². The van der Waals surface area contributed by atoms with Crippen molar-refractivity contribution in [2.24, 2.45) is 0 Å². The van der Waals surface area contributed by atoms with Gasteiger partial charge in [0.1, 0.15) is 0 Å². The minimum absolute atomic E-state index is 0.0696. The maximum atomic E-state index is 13.4. The largest absolute Gasteiger partial charge is 0.358 e. The highest BCUT2D eigenvalue weighted by Crippen LogP contribution is 2.35. The zero-order valence-corrected chi connectivity index (χ0v) is 9.41. The number of alkyl halides is 2. The summed E-state index contributed by atoms with van der Waals surface area (Å²) in [6, 6.07) is -0.868. The maximum absolute atomic E-state index is 13.4. The summed E-state index contributed by atoms with van der Waals surface area (Å²) in [4.78, 5) is 0. The van der Waals surface area contributed by atoms with E-state index >= 15 is 0 Å². The van der Waals surface area contributed by atoms with E-state index in [9.17, 15) is 8.78 Å². The van der Waals surface area contributed by atoms with Crippen LogP contribution in [0.15, 0.2) is 0 Å². The van der Waals surface area contributed by atoms with Crippen molar-refractivity contribution >= 4 is 29.1 Å². The van der Waals surface area contributed by atoms with Crippen LogP contribution in [0.25, 0.3) is 0 Å². The monoisotopic (exact) mass is 253 g/mol. The lowest BCUT2D eigenvalue weighted by atomic mass is 9.91. The van der Waals surface area contributed by atoms with E-state index in [4.69, 9.17) is 11.6 Å². The van der Waals surface area contributed by atoms with Crippen LogP contribution >= 0.6 is 23.3 Å². The molecule has 1 aromatic rings. The molecule has 0 aromatic carbocycles. The van der Waals surface area contributed by atoms with E-state index in [2.05, 4.69) is 14.1 Å². The summed E-state index contributed by atoms with van der Waals surface area (Å²) in [5.41, 5.74) is 0. The number of hydrogen-bond acceptors (Lipinski definition) is 4. The van der Waals surface area contributed by atoms with Gasteiger partial charge in [0.25, 0.3) is 5.92 Å². The van der Waals surface area contributed by atoms with Crippen molar-refractivity contribution in [2.45, 2.75) is 37.6 Å². The molecule has 0 radical (unpaired) electrons. The Kier molecular flexibility index (Phi) is 3.06. The fourth-order valence-corrected chi connectivity index (χ4v) is 2.36. The molecule has 0 spiro atoms. The Bertz CT molecular complexity index is 344. The van der Waals surface area contributed by atoms with Crippen molar-refractivity contribution in [3.63, 3.8) is 0 Å². The van der Waals surface area contributed by atoms with Crippen molar-refractivity contribution in [3.8, 4) is 0 Å². The summed E-state index contributed by atoms with van der Waals surface area (Å²) in [7, 11) is 0. The lowest BCUT2D eigenvalue weighted by Crippen LogP contribution is -2.42. The summed E-state index contributed by atoms with van der Waals surface area (Å²) in [6.45, 7) is 0. The van der Waals surface area contributed by atoms with Gasteiger partial charge in [0.15, 0.2) is 11.0 Å². The SMILES string of the molecule is FC1(F)CCCCC1Nc1nsnc1Cl. The first-order valence-electron chi connectivity index (χ1n) is 4.72. The third kappa shape index (κ3) is 2.36. The molecule has 2 rings (SSSR count).